The Bertz CT molecular complexity index is 401. The van der Waals surface area contributed by atoms with Crippen LogP contribution in [0, 0.1) is 5.92 Å². The first-order chi connectivity index (χ1) is 8.33. The van der Waals surface area contributed by atoms with Crippen molar-refractivity contribution in [2.45, 2.75) is 31.7 Å². The van der Waals surface area contributed by atoms with Gasteiger partial charge in [0.1, 0.15) is 6.04 Å². The Morgan fingerprint density at radius 1 is 1.35 bits per heavy atom. The highest BCUT2D eigenvalue weighted by Crippen LogP contribution is 2.31. The van der Waals surface area contributed by atoms with Gasteiger partial charge in [0.05, 0.1) is 0 Å². The van der Waals surface area contributed by atoms with E-state index in [0.29, 0.717) is 0 Å². The molecule has 0 radical (unpaired) electrons. The molecule has 1 saturated carbocycles. The third kappa shape index (κ3) is 2.43. The molecule has 1 aromatic rings. The van der Waals surface area contributed by atoms with Gasteiger partial charge >= 0.3 is 0 Å². The van der Waals surface area contributed by atoms with Crippen LogP contribution in [0.3, 0.4) is 0 Å². The highest BCUT2D eigenvalue weighted by Gasteiger charge is 2.26. The largest absolute Gasteiger partial charge is 0.373 e. The fourth-order valence-electron chi connectivity index (χ4n) is 2.39. The van der Waals surface area contributed by atoms with Gasteiger partial charge in [-0.3, -0.25) is 4.79 Å². The summed E-state index contributed by atoms with van der Waals surface area (Å²) in [7, 11) is 0. The molecule has 3 heteroatoms. The average molecular weight is 230 g/mol. The molecular weight excluding hydrogens is 212 g/mol. The maximum absolute atomic E-state index is 11.9. The number of benzene rings is 1. The van der Waals surface area contributed by atoms with Crippen LogP contribution < -0.4 is 10.6 Å². The molecule has 0 spiro atoms. The molecule has 0 unspecified atom stereocenters. The number of nitrogens with one attached hydrogen (secondary N) is 2. The zero-order chi connectivity index (χ0) is 11.7. The fourth-order valence-corrected chi connectivity index (χ4v) is 2.39. The molecule has 1 amide bonds. The number of carbonyl (C=O) groups excluding carboxylic acids is 1. The van der Waals surface area contributed by atoms with Crippen molar-refractivity contribution in [1.82, 2.24) is 5.32 Å². The van der Waals surface area contributed by atoms with Gasteiger partial charge in [0.15, 0.2) is 0 Å². The Morgan fingerprint density at radius 2 is 2.18 bits per heavy atom. The predicted octanol–water partition coefficient (Wildman–Crippen LogP) is 1.94. The zero-order valence-electron chi connectivity index (χ0n) is 9.91. The molecule has 3 nitrogen and oxygen atoms in total. The van der Waals surface area contributed by atoms with Gasteiger partial charge in [-0.1, -0.05) is 31.0 Å². The van der Waals surface area contributed by atoms with E-state index < -0.39 is 0 Å². The summed E-state index contributed by atoms with van der Waals surface area (Å²) in [5.74, 6) is 1.02. The van der Waals surface area contributed by atoms with Crippen molar-refractivity contribution < 1.29 is 4.79 Å². The third-order valence-corrected chi connectivity index (χ3v) is 3.64. The van der Waals surface area contributed by atoms with E-state index >= 15 is 0 Å². The summed E-state index contributed by atoms with van der Waals surface area (Å²) in [6.45, 7) is 0.831. The molecule has 1 aromatic carbocycles. The van der Waals surface area contributed by atoms with Crippen LogP contribution in [0.5, 0.6) is 0 Å². The molecule has 1 fully saturated rings. The standard InChI is InChI=1S/C14H18N2O/c17-14(15-8-7-10-5-6-10)13-9-11-3-1-2-4-12(11)16-13/h1-4,10,13,16H,5-9H2,(H,15,17)/t13-/m0/s1. The summed E-state index contributed by atoms with van der Waals surface area (Å²) in [4.78, 5) is 11.9. The lowest BCUT2D eigenvalue weighted by atomic mass is 10.1. The molecule has 2 aliphatic rings. The van der Waals surface area contributed by atoms with Crippen molar-refractivity contribution in [3.63, 3.8) is 0 Å². The molecule has 0 aromatic heterocycles. The molecule has 0 saturated heterocycles. The van der Waals surface area contributed by atoms with Crippen LogP contribution in [-0.2, 0) is 11.2 Å². The average Bonchev–Trinajstić information content (AvgIpc) is 3.06. The lowest BCUT2D eigenvalue weighted by molar-refractivity contribution is -0.121. The molecule has 2 N–H and O–H groups in total. The summed E-state index contributed by atoms with van der Waals surface area (Å²) < 4.78 is 0. The van der Waals surface area contributed by atoms with Crippen molar-refractivity contribution in [2.75, 3.05) is 11.9 Å². The van der Waals surface area contributed by atoms with E-state index in [2.05, 4.69) is 16.7 Å². The number of hydrogen-bond acceptors (Lipinski definition) is 2. The summed E-state index contributed by atoms with van der Waals surface area (Å²) in [6.07, 6.45) is 4.66. The summed E-state index contributed by atoms with van der Waals surface area (Å²) in [5, 5.41) is 6.31. The van der Waals surface area contributed by atoms with Gasteiger partial charge in [-0.15, -0.1) is 0 Å². The van der Waals surface area contributed by atoms with Gasteiger partial charge in [0, 0.05) is 18.7 Å². The molecule has 90 valence electrons. The minimum Gasteiger partial charge on any atom is -0.373 e. The quantitative estimate of drug-likeness (QED) is 0.830. The molecule has 0 bridgehead atoms. The van der Waals surface area contributed by atoms with Crippen molar-refractivity contribution >= 4 is 11.6 Å². The number of para-hydroxylation sites is 1. The maximum atomic E-state index is 11.9. The summed E-state index contributed by atoms with van der Waals surface area (Å²) in [6, 6.07) is 8.06. The number of fused-ring (bicyclic) bond motifs is 1. The smallest absolute Gasteiger partial charge is 0.242 e. The van der Waals surface area contributed by atoms with E-state index in [1.54, 1.807) is 0 Å². The Hall–Kier alpha value is -1.51. The van der Waals surface area contributed by atoms with Crippen LogP contribution in [0.15, 0.2) is 24.3 Å². The molecular formula is C14H18N2O. The van der Waals surface area contributed by atoms with Crippen molar-refractivity contribution in [3.05, 3.63) is 29.8 Å². The number of hydrogen-bond donors (Lipinski definition) is 2. The Kier molecular flexibility index (Phi) is 2.75. The minimum absolute atomic E-state index is 0.0772. The van der Waals surface area contributed by atoms with Gasteiger partial charge < -0.3 is 10.6 Å². The Morgan fingerprint density at radius 3 is 2.94 bits per heavy atom. The van der Waals surface area contributed by atoms with E-state index in [0.717, 1.165) is 31.0 Å². The molecule has 1 atom stereocenters. The summed E-state index contributed by atoms with van der Waals surface area (Å²) >= 11 is 0. The second-order valence-electron chi connectivity index (χ2n) is 5.08. The van der Waals surface area contributed by atoms with E-state index in [4.69, 9.17) is 0 Å². The molecule has 1 heterocycles. The first-order valence-corrected chi connectivity index (χ1v) is 6.45. The minimum atomic E-state index is -0.0772. The first kappa shape index (κ1) is 10.6. The van der Waals surface area contributed by atoms with Crippen LogP contribution in [0.4, 0.5) is 5.69 Å². The van der Waals surface area contributed by atoms with Crippen molar-refractivity contribution in [1.29, 1.82) is 0 Å². The van der Waals surface area contributed by atoms with Crippen molar-refractivity contribution in [2.24, 2.45) is 5.92 Å². The van der Waals surface area contributed by atoms with Crippen LogP contribution >= 0.6 is 0 Å². The Labute approximate surface area is 102 Å². The monoisotopic (exact) mass is 230 g/mol. The number of amides is 1. The van der Waals surface area contributed by atoms with Gasteiger partial charge in [-0.2, -0.15) is 0 Å². The molecule has 3 rings (SSSR count). The second-order valence-corrected chi connectivity index (χ2v) is 5.08. The Balaban J connectivity index is 1.51. The topological polar surface area (TPSA) is 41.1 Å². The highest BCUT2D eigenvalue weighted by molar-refractivity contribution is 5.87. The van der Waals surface area contributed by atoms with Crippen LogP contribution in [0.2, 0.25) is 0 Å². The van der Waals surface area contributed by atoms with Crippen LogP contribution in [0.1, 0.15) is 24.8 Å². The number of anilines is 1. The lowest BCUT2D eigenvalue weighted by Gasteiger charge is -2.11. The zero-order valence-corrected chi connectivity index (χ0v) is 9.91. The second kappa shape index (κ2) is 4.40. The molecule has 17 heavy (non-hydrogen) atoms. The van der Waals surface area contributed by atoms with E-state index in [-0.39, 0.29) is 11.9 Å². The van der Waals surface area contributed by atoms with Crippen LogP contribution in [-0.4, -0.2) is 18.5 Å². The molecule has 1 aliphatic carbocycles. The normalized spacial score (nSPS) is 21.8. The van der Waals surface area contributed by atoms with Gasteiger partial charge in [0.2, 0.25) is 5.91 Å². The maximum Gasteiger partial charge on any atom is 0.242 e. The fraction of sp³-hybridized carbons (Fsp3) is 0.500. The van der Waals surface area contributed by atoms with E-state index in [1.807, 2.05) is 18.2 Å². The third-order valence-electron chi connectivity index (χ3n) is 3.64. The van der Waals surface area contributed by atoms with Crippen molar-refractivity contribution in [3.8, 4) is 0 Å². The SMILES string of the molecule is O=C(NCCC1CC1)[C@@H]1Cc2ccccc2N1. The lowest BCUT2D eigenvalue weighted by Crippen LogP contribution is -2.38. The highest BCUT2D eigenvalue weighted by atomic mass is 16.2. The van der Waals surface area contributed by atoms with Crippen LogP contribution in [0.25, 0.3) is 0 Å². The van der Waals surface area contributed by atoms with Gasteiger partial charge in [-0.25, -0.2) is 0 Å². The number of carbonyl (C=O) groups is 1. The van der Waals surface area contributed by atoms with Gasteiger partial charge in [-0.05, 0) is 24.0 Å². The molecule has 1 aliphatic heterocycles. The predicted molar refractivity (Wildman–Crippen MR) is 67.9 cm³/mol. The summed E-state index contributed by atoms with van der Waals surface area (Å²) in [5.41, 5.74) is 2.35. The van der Waals surface area contributed by atoms with E-state index in [9.17, 15) is 4.79 Å². The van der Waals surface area contributed by atoms with Gasteiger partial charge in [0.25, 0.3) is 0 Å². The number of rotatable bonds is 4. The first-order valence-electron chi connectivity index (χ1n) is 6.45. The van der Waals surface area contributed by atoms with E-state index in [1.165, 1.54) is 18.4 Å².